The van der Waals surface area contributed by atoms with E-state index < -0.39 is 20.1 Å². The van der Waals surface area contributed by atoms with Gasteiger partial charge in [0.15, 0.2) is 0 Å². The van der Waals surface area contributed by atoms with Gasteiger partial charge in [-0.15, -0.1) is 0 Å². The Morgan fingerprint density at radius 2 is 1.82 bits per heavy atom. The molecular weight excluding hydrogens is 304 g/mol. The number of aryl methyl sites for hydroxylation is 1. The predicted molar refractivity (Wildman–Crippen MR) is 80.8 cm³/mol. The van der Waals surface area contributed by atoms with Gasteiger partial charge in [-0.2, -0.15) is 0 Å². The maximum absolute atomic E-state index is 12.6. The molecule has 2 aromatic carbocycles. The van der Waals surface area contributed by atoms with Crippen molar-refractivity contribution < 1.29 is 13.3 Å². The summed E-state index contributed by atoms with van der Waals surface area (Å²) in [5.74, 6) is 0. The lowest BCUT2D eigenvalue weighted by molar-refractivity contribution is -0.384. The quantitative estimate of drug-likeness (QED) is 0.492. The van der Waals surface area contributed by atoms with Crippen molar-refractivity contribution in [3.63, 3.8) is 0 Å². The summed E-state index contributed by atoms with van der Waals surface area (Å²) in [5.41, 5.74) is 0.740. The molecule has 2 rings (SSSR count). The van der Waals surface area contributed by atoms with Gasteiger partial charge in [0.05, 0.1) is 15.4 Å². The van der Waals surface area contributed by atoms with Gasteiger partial charge in [0.25, 0.3) is 15.5 Å². The maximum atomic E-state index is 12.6. The van der Waals surface area contributed by atoms with Crippen molar-refractivity contribution in [2.24, 2.45) is 0 Å². The summed E-state index contributed by atoms with van der Waals surface area (Å²) < 4.78 is 25.1. The average molecular weight is 316 g/mol. The Labute approximate surface area is 127 Å². The first-order valence-electron chi connectivity index (χ1n) is 6.28. The molecule has 0 N–H and O–H groups in total. The van der Waals surface area contributed by atoms with Gasteiger partial charge in [0.1, 0.15) is 0 Å². The largest absolute Gasteiger partial charge is 0.350 e. The lowest BCUT2D eigenvalue weighted by Gasteiger charge is -2.08. The van der Waals surface area contributed by atoms with Crippen molar-refractivity contribution in [2.75, 3.05) is 0 Å². The molecule has 0 saturated heterocycles. The van der Waals surface area contributed by atoms with E-state index in [-0.39, 0.29) is 16.1 Å². The number of nitro groups is 1. The van der Waals surface area contributed by atoms with Gasteiger partial charge >= 0.3 is 5.37 Å². The lowest BCUT2D eigenvalue weighted by atomic mass is 10.2. The highest BCUT2D eigenvalue weighted by molar-refractivity contribution is 7.91. The Balaban J connectivity index is 2.52. The highest BCUT2D eigenvalue weighted by Gasteiger charge is 2.35. The Morgan fingerprint density at radius 3 is 2.36 bits per heavy atom. The molecule has 0 aliphatic rings. The van der Waals surface area contributed by atoms with Crippen molar-refractivity contribution in [1.29, 1.82) is 0 Å². The molecule has 2 aromatic rings. The summed E-state index contributed by atoms with van der Waals surface area (Å²) in [6, 6.07) is 11.3. The molecule has 0 aromatic heterocycles. The van der Waals surface area contributed by atoms with Crippen LogP contribution in [0.1, 0.15) is 16.5 Å². The van der Waals surface area contributed by atoms with Gasteiger partial charge in [-0.25, -0.2) is 15.0 Å². The van der Waals surface area contributed by atoms with Gasteiger partial charge in [-0.1, -0.05) is 23.8 Å². The summed E-state index contributed by atoms with van der Waals surface area (Å²) in [7, 11) is -3.94. The van der Waals surface area contributed by atoms with Crippen LogP contribution in [-0.4, -0.2) is 13.3 Å². The number of sulfone groups is 1. The number of nitrogens with zero attached hydrogens (tertiary/aromatic N) is 2. The molecule has 0 bridgehead atoms. The molecule has 0 fully saturated rings. The van der Waals surface area contributed by atoms with E-state index in [1.807, 2.05) is 6.92 Å². The minimum Gasteiger partial charge on any atom is -0.291 e. The number of rotatable bonds is 4. The third-order valence-electron chi connectivity index (χ3n) is 3.13. The molecule has 1 atom stereocenters. The summed E-state index contributed by atoms with van der Waals surface area (Å²) in [6.07, 6.45) is 0. The van der Waals surface area contributed by atoms with Crippen molar-refractivity contribution in [3.05, 3.63) is 81.2 Å². The van der Waals surface area contributed by atoms with Crippen molar-refractivity contribution in [1.82, 2.24) is 0 Å². The minimum absolute atomic E-state index is 0.0191. The topological polar surface area (TPSA) is 81.6 Å². The zero-order valence-electron chi connectivity index (χ0n) is 11.6. The van der Waals surface area contributed by atoms with Crippen LogP contribution in [0.5, 0.6) is 0 Å². The van der Waals surface area contributed by atoms with E-state index in [2.05, 4.69) is 4.85 Å². The van der Waals surface area contributed by atoms with Gasteiger partial charge in [-0.3, -0.25) is 15.0 Å². The molecule has 22 heavy (non-hydrogen) atoms. The van der Waals surface area contributed by atoms with Crippen LogP contribution in [-0.2, 0) is 9.84 Å². The Hall–Kier alpha value is -2.72. The smallest absolute Gasteiger partial charge is 0.291 e. The van der Waals surface area contributed by atoms with Crippen LogP contribution in [0.3, 0.4) is 0 Å². The molecule has 0 spiro atoms. The third-order valence-corrected chi connectivity index (χ3v) is 5.02. The standard InChI is InChI=1S/C15H12N2O4S/c1-11-6-8-14(9-7-11)22(20,21)15(16-2)12-4-3-5-13(10-12)17(18)19/h3-10,15H,1H3/t15-/m1/s1. The van der Waals surface area contributed by atoms with Crippen LogP contribution < -0.4 is 0 Å². The van der Waals surface area contributed by atoms with Crippen molar-refractivity contribution in [2.45, 2.75) is 17.2 Å². The van der Waals surface area contributed by atoms with Gasteiger partial charge < -0.3 is 0 Å². The fraction of sp³-hybridized carbons (Fsp3) is 0.133. The van der Waals surface area contributed by atoms with Crippen LogP contribution in [0.4, 0.5) is 5.69 Å². The van der Waals surface area contributed by atoms with Crippen molar-refractivity contribution in [3.8, 4) is 0 Å². The number of hydrogen-bond donors (Lipinski definition) is 0. The Kier molecular flexibility index (Phi) is 4.24. The monoisotopic (exact) mass is 316 g/mol. The molecule has 6 nitrogen and oxygen atoms in total. The highest BCUT2D eigenvalue weighted by atomic mass is 32.2. The lowest BCUT2D eigenvalue weighted by Crippen LogP contribution is -2.11. The second-order valence-corrected chi connectivity index (χ2v) is 6.70. The van der Waals surface area contributed by atoms with E-state index >= 15 is 0 Å². The molecule has 0 amide bonds. The average Bonchev–Trinajstić information content (AvgIpc) is 2.48. The van der Waals surface area contributed by atoms with Crippen molar-refractivity contribution >= 4 is 15.5 Å². The van der Waals surface area contributed by atoms with Crippen LogP contribution in [0.25, 0.3) is 4.85 Å². The van der Waals surface area contributed by atoms with Gasteiger partial charge in [0.2, 0.25) is 0 Å². The van der Waals surface area contributed by atoms with Crippen LogP contribution >= 0.6 is 0 Å². The predicted octanol–water partition coefficient (Wildman–Crippen LogP) is 3.30. The first-order valence-corrected chi connectivity index (χ1v) is 7.82. The minimum atomic E-state index is -3.94. The van der Waals surface area contributed by atoms with Gasteiger partial charge in [0, 0.05) is 12.1 Å². The van der Waals surface area contributed by atoms with Gasteiger partial charge in [-0.05, 0) is 25.1 Å². The summed E-state index contributed by atoms with van der Waals surface area (Å²) >= 11 is 0. The molecule has 112 valence electrons. The first kappa shape index (κ1) is 15.7. The van der Waals surface area contributed by atoms with Crippen LogP contribution in [0.2, 0.25) is 0 Å². The Bertz CT molecular complexity index is 852. The normalized spacial score (nSPS) is 12.4. The SMILES string of the molecule is [C-]#[N+][C@@H](c1cccc([N+](=O)[O-])c1)S(=O)(=O)c1ccc(C)cc1. The molecule has 0 heterocycles. The zero-order valence-corrected chi connectivity index (χ0v) is 12.4. The number of non-ortho nitro benzene ring substituents is 1. The van der Waals surface area contributed by atoms with Crippen LogP contribution in [0.15, 0.2) is 53.4 Å². The fourth-order valence-corrected chi connectivity index (χ4v) is 3.39. The van der Waals surface area contributed by atoms with E-state index in [0.717, 1.165) is 11.6 Å². The summed E-state index contributed by atoms with van der Waals surface area (Å²) in [5, 5.41) is 9.30. The molecule has 0 saturated carbocycles. The first-order chi connectivity index (χ1) is 10.4. The van der Waals surface area contributed by atoms with Crippen LogP contribution in [0, 0.1) is 23.6 Å². The molecule has 0 aliphatic carbocycles. The molecule has 7 heteroatoms. The second kappa shape index (κ2) is 5.95. The maximum Gasteiger partial charge on any atom is 0.350 e. The van der Waals surface area contributed by atoms with E-state index in [9.17, 15) is 18.5 Å². The number of hydrogen-bond acceptors (Lipinski definition) is 4. The third kappa shape index (κ3) is 2.97. The number of benzene rings is 2. The second-order valence-electron chi connectivity index (χ2n) is 4.69. The number of nitro benzene ring substituents is 1. The van der Waals surface area contributed by atoms with E-state index in [1.54, 1.807) is 12.1 Å². The van der Waals surface area contributed by atoms with E-state index in [4.69, 9.17) is 6.57 Å². The highest BCUT2D eigenvalue weighted by Crippen LogP contribution is 2.32. The molecule has 0 radical (unpaired) electrons. The Morgan fingerprint density at radius 1 is 1.18 bits per heavy atom. The molecule has 0 aliphatic heterocycles. The summed E-state index contributed by atoms with van der Waals surface area (Å²) in [6.45, 7) is 9.02. The zero-order chi connectivity index (χ0) is 16.3. The van der Waals surface area contributed by atoms with E-state index in [0.29, 0.717) is 0 Å². The molecule has 0 unspecified atom stereocenters. The summed E-state index contributed by atoms with van der Waals surface area (Å²) in [4.78, 5) is 13.4. The van der Waals surface area contributed by atoms with E-state index in [1.165, 1.54) is 30.3 Å². The molecular formula is C15H12N2O4S. The fourth-order valence-electron chi connectivity index (χ4n) is 1.97.